The Morgan fingerprint density at radius 2 is 1.91 bits per heavy atom. The van der Waals surface area contributed by atoms with Crippen molar-refractivity contribution in [3.8, 4) is 0 Å². The van der Waals surface area contributed by atoms with E-state index in [0.29, 0.717) is 6.54 Å². The summed E-state index contributed by atoms with van der Waals surface area (Å²) in [7, 11) is 0. The van der Waals surface area contributed by atoms with Crippen LogP contribution in [0.1, 0.15) is 58.8 Å². The molecule has 0 aromatic carbocycles. The van der Waals surface area contributed by atoms with Gasteiger partial charge in [0, 0.05) is 31.1 Å². The molecule has 1 heterocycles. The molecule has 4 unspecified atom stereocenters. The number of likely N-dealkylation sites (tertiary alicyclic amines) is 1. The van der Waals surface area contributed by atoms with Crippen LogP contribution in [0.2, 0.25) is 0 Å². The van der Waals surface area contributed by atoms with Gasteiger partial charge in [-0.15, -0.1) is 0 Å². The molecular weight excluding hydrogens is 278 g/mol. The van der Waals surface area contributed by atoms with Gasteiger partial charge >= 0.3 is 0 Å². The Morgan fingerprint density at radius 1 is 1.18 bits per heavy atom. The molecule has 2 rings (SSSR count). The van der Waals surface area contributed by atoms with Gasteiger partial charge in [0.25, 0.3) is 0 Å². The number of nitrogens with two attached hydrogens (primary N) is 1. The molecule has 5 heteroatoms. The molecule has 0 radical (unpaired) electrons. The quantitative estimate of drug-likeness (QED) is 0.758. The first-order chi connectivity index (χ1) is 10.5. The van der Waals surface area contributed by atoms with Crippen LogP contribution < -0.4 is 11.1 Å². The van der Waals surface area contributed by atoms with E-state index in [0.717, 1.165) is 51.5 Å². The summed E-state index contributed by atoms with van der Waals surface area (Å²) in [4.78, 5) is 26.9. The zero-order valence-corrected chi connectivity index (χ0v) is 14.0. The van der Waals surface area contributed by atoms with E-state index in [-0.39, 0.29) is 35.7 Å². The summed E-state index contributed by atoms with van der Waals surface area (Å²) in [6.07, 6.45) is 6.53. The summed E-state index contributed by atoms with van der Waals surface area (Å²) in [6.45, 7) is 5.52. The van der Waals surface area contributed by atoms with Gasteiger partial charge in [-0.3, -0.25) is 9.59 Å². The van der Waals surface area contributed by atoms with Crippen LogP contribution in [0.25, 0.3) is 0 Å². The van der Waals surface area contributed by atoms with Crippen LogP contribution >= 0.6 is 0 Å². The molecule has 0 aromatic rings. The lowest BCUT2D eigenvalue weighted by atomic mass is 9.91. The topological polar surface area (TPSA) is 75.4 Å². The maximum Gasteiger partial charge on any atom is 0.226 e. The van der Waals surface area contributed by atoms with Crippen molar-refractivity contribution in [1.82, 2.24) is 10.2 Å². The van der Waals surface area contributed by atoms with Crippen molar-refractivity contribution in [1.29, 1.82) is 0 Å². The molecule has 1 aliphatic heterocycles. The Labute approximate surface area is 134 Å². The maximum atomic E-state index is 12.7. The van der Waals surface area contributed by atoms with Crippen molar-refractivity contribution in [3.05, 3.63) is 0 Å². The number of piperidine rings is 1. The smallest absolute Gasteiger partial charge is 0.226 e. The zero-order chi connectivity index (χ0) is 16.1. The fraction of sp³-hybridized carbons (Fsp3) is 0.882. The minimum Gasteiger partial charge on any atom is -0.356 e. The molecule has 4 atom stereocenters. The van der Waals surface area contributed by atoms with E-state index in [1.54, 1.807) is 0 Å². The number of unbranched alkanes of at least 4 members (excludes halogenated alkanes) is 1. The molecule has 2 amide bonds. The Hall–Kier alpha value is -1.10. The van der Waals surface area contributed by atoms with Crippen molar-refractivity contribution in [3.63, 3.8) is 0 Å². The fourth-order valence-corrected chi connectivity index (χ4v) is 3.64. The maximum absolute atomic E-state index is 12.7. The Morgan fingerprint density at radius 3 is 2.55 bits per heavy atom. The summed E-state index contributed by atoms with van der Waals surface area (Å²) >= 11 is 0. The second-order valence-electron chi connectivity index (χ2n) is 7.03. The normalized spacial score (nSPS) is 32.0. The summed E-state index contributed by atoms with van der Waals surface area (Å²) in [5.74, 6) is 0.346. The molecule has 0 bridgehead atoms. The highest BCUT2D eigenvalue weighted by Crippen LogP contribution is 2.30. The highest BCUT2D eigenvalue weighted by molar-refractivity contribution is 5.82. The molecule has 1 aliphatic carbocycles. The third-order valence-electron chi connectivity index (χ3n) is 5.19. The van der Waals surface area contributed by atoms with Crippen LogP contribution in [0.4, 0.5) is 0 Å². The van der Waals surface area contributed by atoms with Gasteiger partial charge in [-0.05, 0) is 45.4 Å². The van der Waals surface area contributed by atoms with Gasteiger partial charge in [-0.2, -0.15) is 0 Å². The first-order valence-electron chi connectivity index (χ1n) is 8.86. The van der Waals surface area contributed by atoms with Gasteiger partial charge in [-0.25, -0.2) is 0 Å². The molecule has 1 saturated carbocycles. The number of hydrogen-bond acceptors (Lipinski definition) is 3. The second kappa shape index (κ2) is 7.95. The summed E-state index contributed by atoms with van der Waals surface area (Å²) in [5.41, 5.74) is 5.94. The molecule has 126 valence electrons. The molecule has 3 N–H and O–H groups in total. The lowest BCUT2D eigenvalue weighted by Gasteiger charge is -2.38. The largest absolute Gasteiger partial charge is 0.356 e. The van der Waals surface area contributed by atoms with Crippen LogP contribution in [-0.2, 0) is 9.59 Å². The standard InChI is InChI=1S/C17H31N3O2/c1-3-4-9-19-16(21)14-6-5-12(2)20(11-14)17(22)13-7-8-15(18)10-13/h12-15H,3-11,18H2,1-2H3,(H,19,21). The number of rotatable bonds is 5. The fourth-order valence-electron chi connectivity index (χ4n) is 3.64. The van der Waals surface area contributed by atoms with Crippen LogP contribution in [0.5, 0.6) is 0 Å². The average molecular weight is 309 g/mol. The number of carbonyl (C=O) groups is 2. The Bertz CT molecular complexity index is 399. The highest BCUT2D eigenvalue weighted by atomic mass is 16.2. The zero-order valence-electron chi connectivity index (χ0n) is 14.0. The minimum absolute atomic E-state index is 0.0490. The number of nitrogens with one attached hydrogen (secondary N) is 1. The van der Waals surface area contributed by atoms with E-state index in [9.17, 15) is 9.59 Å². The molecule has 0 spiro atoms. The third kappa shape index (κ3) is 4.22. The second-order valence-corrected chi connectivity index (χ2v) is 7.03. The van der Waals surface area contributed by atoms with Crippen molar-refractivity contribution in [2.24, 2.45) is 17.6 Å². The third-order valence-corrected chi connectivity index (χ3v) is 5.19. The van der Waals surface area contributed by atoms with Crippen molar-refractivity contribution in [2.75, 3.05) is 13.1 Å². The Kier molecular flexibility index (Phi) is 6.24. The lowest BCUT2D eigenvalue weighted by molar-refractivity contribution is -0.141. The van der Waals surface area contributed by atoms with Crippen molar-refractivity contribution < 1.29 is 9.59 Å². The molecule has 0 aromatic heterocycles. The van der Waals surface area contributed by atoms with E-state index in [1.165, 1.54) is 0 Å². The van der Waals surface area contributed by atoms with Gasteiger partial charge in [-0.1, -0.05) is 13.3 Å². The average Bonchev–Trinajstić information content (AvgIpc) is 2.93. The van der Waals surface area contributed by atoms with Gasteiger partial charge < -0.3 is 16.0 Å². The first kappa shape index (κ1) is 17.3. The van der Waals surface area contributed by atoms with E-state index >= 15 is 0 Å². The summed E-state index contributed by atoms with van der Waals surface area (Å²) in [6, 6.07) is 0.409. The van der Waals surface area contributed by atoms with Gasteiger partial charge in [0.2, 0.25) is 11.8 Å². The highest BCUT2D eigenvalue weighted by Gasteiger charge is 2.37. The summed E-state index contributed by atoms with van der Waals surface area (Å²) in [5, 5.41) is 3.01. The minimum atomic E-state index is -0.0490. The van der Waals surface area contributed by atoms with E-state index in [1.807, 2.05) is 4.90 Å². The van der Waals surface area contributed by atoms with Crippen LogP contribution in [0, 0.1) is 11.8 Å². The van der Waals surface area contributed by atoms with Crippen LogP contribution in [0.15, 0.2) is 0 Å². The first-order valence-corrected chi connectivity index (χ1v) is 8.86. The molecule has 1 saturated heterocycles. The SMILES string of the molecule is CCCCNC(=O)C1CCC(C)N(C(=O)C2CCC(N)C2)C1. The molecule has 5 nitrogen and oxygen atoms in total. The van der Waals surface area contributed by atoms with E-state index in [2.05, 4.69) is 19.2 Å². The van der Waals surface area contributed by atoms with Gasteiger partial charge in [0.05, 0.1) is 5.92 Å². The molecule has 22 heavy (non-hydrogen) atoms. The van der Waals surface area contributed by atoms with Crippen LogP contribution in [-0.4, -0.2) is 41.9 Å². The van der Waals surface area contributed by atoms with Crippen molar-refractivity contribution in [2.45, 2.75) is 70.9 Å². The summed E-state index contributed by atoms with van der Waals surface area (Å²) < 4.78 is 0. The van der Waals surface area contributed by atoms with E-state index in [4.69, 9.17) is 5.73 Å². The number of carbonyl (C=O) groups excluding carboxylic acids is 2. The van der Waals surface area contributed by atoms with Crippen LogP contribution in [0.3, 0.4) is 0 Å². The number of hydrogen-bond donors (Lipinski definition) is 2. The molecule has 2 fully saturated rings. The van der Waals surface area contributed by atoms with Crippen molar-refractivity contribution >= 4 is 11.8 Å². The number of amides is 2. The molecule has 2 aliphatic rings. The Balaban J connectivity index is 1.90. The molecular formula is C17H31N3O2. The van der Waals surface area contributed by atoms with Gasteiger partial charge in [0.15, 0.2) is 0 Å². The van der Waals surface area contributed by atoms with Gasteiger partial charge in [0.1, 0.15) is 0 Å². The predicted octanol–water partition coefficient (Wildman–Crippen LogP) is 1.66. The van der Waals surface area contributed by atoms with E-state index < -0.39 is 0 Å². The monoisotopic (exact) mass is 309 g/mol. The lowest BCUT2D eigenvalue weighted by Crippen LogP contribution is -2.51. The number of nitrogens with zero attached hydrogens (tertiary/aromatic N) is 1. The predicted molar refractivity (Wildman–Crippen MR) is 87.1 cm³/mol.